The molecular weight excluding hydrogens is 422 g/mol. The Bertz CT molecular complexity index is 920. The van der Waals surface area contributed by atoms with E-state index < -0.39 is 10.0 Å². The van der Waals surface area contributed by atoms with E-state index in [1.807, 2.05) is 24.3 Å². The molecule has 0 aliphatic carbocycles. The van der Waals surface area contributed by atoms with Crippen LogP contribution in [-0.2, 0) is 16.6 Å². The highest BCUT2D eigenvalue weighted by Crippen LogP contribution is 2.27. The van der Waals surface area contributed by atoms with Crippen LogP contribution in [0.2, 0.25) is 4.34 Å². The second-order valence-electron chi connectivity index (χ2n) is 4.72. The second-order valence-corrected chi connectivity index (χ2v) is 9.26. The molecule has 0 amide bonds. The van der Waals surface area contributed by atoms with E-state index in [0.717, 1.165) is 21.4 Å². The van der Waals surface area contributed by atoms with Crippen LogP contribution in [0.3, 0.4) is 0 Å². The van der Waals surface area contributed by atoms with Gasteiger partial charge in [0.15, 0.2) is 0 Å². The monoisotopic (exact) mass is 431 g/mol. The standard InChI is InChI=1S/C14H11BrClN3O2S2/c15-11-3-1-10(2-4-11)8-19-9-12(7-17-19)18-23(20,21)14-6-5-13(16)22-14/h1-7,9,18H,8H2. The predicted octanol–water partition coefficient (Wildman–Crippen LogP) is 4.21. The van der Waals surface area contributed by atoms with E-state index in [1.54, 1.807) is 16.9 Å². The van der Waals surface area contributed by atoms with Gasteiger partial charge in [-0.3, -0.25) is 9.40 Å². The van der Waals surface area contributed by atoms with Gasteiger partial charge < -0.3 is 0 Å². The van der Waals surface area contributed by atoms with Crippen molar-refractivity contribution in [3.05, 3.63) is 63.2 Å². The molecule has 0 aliphatic rings. The number of nitrogens with one attached hydrogen (secondary N) is 1. The Hall–Kier alpha value is -1.35. The summed E-state index contributed by atoms with van der Waals surface area (Å²) in [6, 6.07) is 10.9. The topological polar surface area (TPSA) is 64.0 Å². The molecule has 0 saturated carbocycles. The van der Waals surface area contributed by atoms with Gasteiger partial charge in [0.25, 0.3) is 10.0 Å². The normalized spacial score (nSPS) is 11.6. The fourth-order valence-corrected chi connectivity index (χ4v) is 4.70. The van der Waals surface area contributed by atoms with Gasteiger partial charge in [-0.1, -0.05) is 39.7 Å². The van der Waals surface area contributed by atoms with Crippen molar-refractivity contribution in [1.29, 1.82) is 0 Å². The molecule has 0 aliphatic heterocycles. The predicted molar refractivity (Wildman–Crippen MR) is 95.6 cm³/mol. The van der Waals surface area contributed by atoms with Crippen LogP contribution in [0.4, 0.5) is 5.69 Å². The molecule has 5 nitrogen and oxygen atoms in total. The number of halogens is 2. The molecule has 9 heteroatoms. The third kappa shape index (κ3) is 4.14. The van der Waals surface area contributed by atoms with Crippen molar-refractivity contribution in [2.75, 3.05) is 4.72 Å². The maximum atomic E-state index is 12.2. The van der Waals surface area contributed by atoms with Gasteiger partial charge in [-0.15, -0.1) is 11.3 Å². The highest BCUT2D eigenvalue weighted by molar-refractivity contribution is 9.10. The van der Waals surface area contributed by atoms with Crippen molar-refractivity contribution < 1.29 is 8.42 Å². The SMILES string of the molecule is O=S(=O)(Nc1cnn(Cc2ccc(Br)cc2)c1)c1ccc(Cl)s1. The Kier molecular flexibility index (Phi) is 4.77. The Labute approximate surface area is 151 Å². The van der Waals surface area contributed by atoms with E-state index in [-0.39, 0.29) is 4.21 Å². The number of aromatic nitrogens is 2. The molecule has 0 atom stereocenters. The molecule has 2 aromatic heterocycles. The number of sulfonamides is 1. The number of anilines is 1. The number of hydrogen-bond acceptors (Lipinski definition) is 4. The third-order valence-corrected chi connectivity index (χ3v) is 6.59. The summed E-state index contributed by atoms with van der Waals surface area (Å²) >= 11 is 10.2. The highest BCUT2D eigenvalue weighted by atomic mass is 79.9. The van der Waals surface area contributed by atoms with Crippen LogP contribution >= 0.6 is 38.9 Å². The third-order valence-electron chi connectivity index (χ3n) is 2.96. The molecule has 1 aromatic carbocycles. The minimum absolute atomic E-state index is 0.170. The minimum Gasteiger partial charge on any atom is -0.276 e. The Balaban J connectivity index is 1.73. The molecule has 0 spiro atoms. The average Bonchev–Trinajstić information content (AvgIpc) is 3.11. The Morgan fingerprint density at radius 1 is 1.22 bits per heavy atom. The molecule has 3 rings (SSSR count). The first kappa shape index (κ1) is 16.5. The summed E-state index contributed by atoms with van der Waals surface area (Å²) < 4.78 is 30.2. The summed E-state index contributed by atoms with van der Waals surface area (Å²) in [5, 5.41) is 4.17. The van der Waals surface area contributed by atoms with E-state index >= 15 is 0 Å². The van der Waals surface area contributed by atoms with Crippen LogP contribution < -0.4 is 4.72 Å². The summed E-state index contributed by atoms with van der Waals surface area (Å²) in [5.74, 6) is 0. The maximum Gasteiger partial charge on any atom is 0.271 e. The first-order chi connectivity index (χ1) is 10.9. The summed E-state index contributed by atoms with van der Waals surface area (Å²) in [4.78, 5) is 0. The van der Waals surface area contributed by atoms with E-state index in [0.29, 0.717) is 16.6 Å². The van der Waals surface area contributed by atoms with Gasteiger partial charge in [-0.2, -0.15) is 5.10 Å². The zero-order valence-electron chi connectivity index (χ0n) is 11.6. The fraction of sp³-hybridized carbons (Fsp3) is 0.0714. The smallest absolute Gasteiger partial charge is 0.271 e. The highest BCUT2D eigenvalue weighted by Gasteiger charge is 2.17. The van der Waals surface area contributed by atoms with Crippen LogP contribution in [0.15, 0.2) is 57.5 Å². The summed E-state index contributed by atoms with van der Waals surface area (Å²) in [6.45, 7) is 0.555. The van der Waals surface area contributed by atoms with Gasteiger partial charge in [0.05, 0.1) is 22.8 Å². The lowest BCUT2D eigenvalue weighted by atomic mass is 10.2. The first-order valence-corrected chi connectivity index (χ1v) is 9.94. The zero-order valence-corrected chi connectivity index (χ0v) is 15.6. The second kappa shape index (κ2) is 6.64. The van der Waals surface area contributed by atoms with Crippen molar-refractivity contribution in [3.8, 4) is 0 Å². The van der Waals surface area contributed by atoms with Crippen molar-refractivity contribution in [2.45, 2.75) is 10.8 Å². The van der Waals surface area contributed by atoms with Crippen LogP contribution in [0.1, 0.15) is 5.56 Å². The van der Waals surface area contributed by atoms with Crippen LogP contribution in [0.5, 0.6) is 0 Å². The van der Waals surface area contributed by atoms with Crippen LogP contribution in [0.25, 0.3) is 0 Å². The number of rotatable bonds is 5. The van der Waals surface area contributed by atoms with Gasteiger partial charge in [0.1, 0.15) is 4.21 Å². The number of thiophene rings is 1. The molecule has 1 N–H and O–H groups in total. The van der Waals surface area contributed by atoms with E-state index in [1.165, 1.54) is 12.3 Å². The molecule has 23 heavy (non-hydrogen) atoms. The lowest BCUT2D eigenvalue weighted by Gasteiger charge is -2.03. The van der Waals surface area contributed by atoms with E-state index in [2.05, 4.69) is 25.8 Å². The van der Waals surface area contributed by atoms with Crippen LogP contribution in [-0.4, -0.2) is 18.2 Å². The average molecular weight is 433 g/mol. The summed E-state index contributed by atoms with van der Waals surface area (Å²) in [5.41, 5.74) is 1.47. The molecule has 0 fully saturated rings. The van der Waals surface area contributed by atoms with E-state index in [4.69, 9.17) is 11.6 Å². The lowest BCUT2D eigenvalue weighted by Crippen LogP contribution is -2.10. The van der Waals surface area contributed by atoms with Gasteiger partial charge in [-0.05, 0) is 29.8 Å². The number of hydrogen-bond donors (Lipinski definition) is 1. The summed E-state index contributed by atoms with van der Waals surface area (Å²) in [6.07, 6.45) is 3.13. The van der Waals surface area contributed by atoms with Crippen molar-refractivity contribution in [3.63, 3.8) is 0 Å². The molecule has 0 saturated heterocycles. The van der Waals surface area contributed by atoms with Gasteiger partial charge in [0, 0.05) is 10.7 Å². The molecule has 120 valence electrons. The molecule has 0 unspecified atom stereocenters. The lowest BCUT2D eigenvalue weighted by molar-refractivity contribution is 0.603. The Morgan fingerprint density at radius 2 is 1.96 bits per heavy atom. The number of nitrogens with zero attached hydrogens (tertiary/aromatic N) is 2. The zero-order chi connectivity index (χ0) is 16.4. The quantitative estimate of drug-likeness (QED) is 0.657. The molecule has 0 bridgehead atoms. The Morgan fingerprint density at radius 3 is 2.61 bits per heavy atom. The largest absolute Gasteiger partial charge is 0.276 e. The number of benzene rings is 1. The summed E-state index contributed by atoms with van der Waals surface area (Å²) in [7, 11) is -3.63. The van der Waals surface area contributed by atoms with Crippen molar-refractivity contribution >= 4 is 54.6 Å². The molecule has 3 aromatic rings. The minimum atomic E-state index is -3.63. The first-order valence-electron chi connectivity index (χ1n) is 6.47. The van der Waals surface area contributed by atoms with Crippen LogP contribution in [0, 0.1) is 0 Å². The fourth-order valence-electron chi connectivity index (χ4n) is 1.93. The van der Waals surface area contributed by atoms with Gasteiger partial charge in [-0.25, -0.2) is 8.42 Å². The van der Waals surface area contributed by atoms with Crippen molar-refractivity contribution in [2.24, 2.45) is 0 Å². The van der Waals surface area contributed by atoms with E-state index in [9.17, 15) is 8.42 Å². The molecule has 2 heterocycles. The maximum absolute atomic E-state index is 12.2. The molecular formula is C14H11BrClN3O2S2. The van der Waals surface area contributed by atoms with Crippen molar-refractivity contribution in [1.82, 2.24) is 9.78 Å². The van der Waals surface area contributed by atoms with Gasteiger partial charge in [0.2, 0.25) is 0 Å². The van der Waals surface area contributed by atoms with Gasteiger partial charge >= 0.3 is 0 Å². The molecule has 0 radical (unpaired) electrons.